The Kier molecular flexibility index (Phi) is 4.19. The van der Waals surface area contributed by atoms with Crippen molar-refractivity contribution in [3.8, 4) is 0 Å². The van der Waals surface area contributed by atoms with Gasteiger partial charge in [-0.15, -0.1) is 0 Å². The van der Waals surface area contributed by atoms with Crippen LogP contribution in [0.2, 0.25) is 0 Å². The van der Waals surface area contributed by atoms with Crippen LogP contribution in [0, 0.1) is 6.92 Å². The first-order chi connectivity index (χ1) is 13.6. The predicted octanol–water partition coefficient (Wildman–Crippen LogP) is 2.77. The molecule has 5 rings (SSSR count). The van der Waals surface area contributed by atoms with Crippen LogP contribution in [-0.4, -0.2) is 51.9 Å². The van der Waals surface area contributed by atoms with Crippen molar-refractivity contribution in [1.82, 2.24) is 19.7 Å². The summed E-state index contributed by atoms with van der Waals surface area (Å²) in [4.78, 5) is 30.6. The second-order valence-electron chi connectivity index (χ2n) is 7.86. The summed E-state index contributed by atoms with van der Waals surface area (Å²) < 4.78 is 7.45. The van der Waals surface area contributed by atoms with Gasteiger partial charge in [-0.1, -0.05) is 0 Å². The van der Waals surface area contributed by atoms with Crippen LogP contribution in [-0.2, 0) is 4.74 Å². The second kappa shape index (κ2) is 6.74. The van der Waals surface area contributed by atoms with E-state index in [0.717, 1.165) is 60.8 Å². The molecule has 0 aliphatic carbocycles. The summed E-state index contributed by atoms with van der Waals surface area (Å²) in [5, 5.41) is 6.00. The molecule has 2 aromatic heterocycles. The van der Waals surface area contributed by atoms with Crippen molar-refractivity contribution in [2.24, 2.45) is 0 Å². The van der Waals surface area contributed by atoms with E-state index in [9.17, 15) is 9.59 Å². The molecule has 2 saturated heterocycles. The van der Waals surface area contributed by atoms with E-state index in [1.807, 2.05) is 28.6 Å². The number of ether oxygens (including phenoxy) is 1. The molecular formula is C21H24N4O3. The van der Waals surface area contributed by atoms with Gasteiger partial charge in [0.15, 0.2) is 0 Å². The van der Waals surface area contributed by atoms with E-state index in [-0.39, 0.29) is 17.5 Å². The fourth-order valence-electron chi connectivity index (χ4n) is 4.52. The standard InChI is InChI=1S/C21H24N4O3/c1-13-10-18-16(11-15(13)21(27)24-6-2-3-7-24)19-17(20(26)23-18)12-22-25(19)14-4-8-28-9-5-14/h10-12,14H,2-9H2,1H3,(H,23,26). The highest BCUT2D eigenvalue weighted by molar-refractivity contribution is 6.07. The van der Waals surface area contributed by atoms with Gasteiger partial charge in [0.1, 0.15) is 0 Å². The number of nitrogens with one attached hydrogen (secondary N) is 1. The number of amides is 1. The third kappa shape index (κ3) is 2.73. The van der Waals surface area contributed by atoms with Gasteiger partial charge in [-0.05, 0) is 50.3 Å². The quantitative estimate of drug-likeness (QED) is 0.741. The molecule has 4 heterocycles. The maximum atomic E-state index is 13.1. The van der Waals surface area contributed by atoms with Gasteiger partial charge in [-0.25, -0.2) is 0 Å². The van der Waals surface area contributed by atoms with Crippen LogP contribution < -0.4 is 5.56 Å². The van der Waals surface area contributed by atoms with E-state index in [0.29, 0.717) is 24.2 Å². The number of aromatic nitrogens is 3. The van der Waals surface area contributed by atoms with Gasteiger partial charge in [0, 0.05) is 37.3 Å². The minimum Gasteiger partial charge on any atom is -0.381 e. The summed E-state index contributed by atoms with van der Waals surface area (Å²) in [5.41, 5.74) is 3.03. The highest BCUT2D eigenvalue weighted by Gasteiger charge is 2.24. The van der Waals surface area contributed by atoms with Gasteiger partial charge >= 0.3 is 0 Å². The number of rotatable bonds is 2. The zero-order valence-corrected chi connectivity index (χ0v) is 16.0. The van der Waals surface area contributed by atoms with E-state index in [1.165, 1.54) is 0 Å². The average Bonchev–Trinajstić information content (AvgIpc) is 3.38. The largest absolute Gasteiger partial charge is 0.381 e. The van der Waals surface area contributed by atoms with Gasteiger partial charge in [0.25, 0.3) is 11.5 Å². The van der Waals surface area contributed by atoms with E-state index >= 15 is 0 Å². The van der Waals surface area contributed by atoms with Crippen molar-refractivity contribution in [3.63, 3.8) is 0 Å². The molecule has 0 unspecified atom stereocenters. The zero-order chi connectivity index (χ0) is 19.3. The Labute approximate surface area is 162 Å². The van der Waals surface area contributed by atoms with Gasteiger partial charge in [-0.3, -0.25) is 14.3 Å². The Balaban J connectivity index is 1.72. The van der Waals surface area contributed by atoms with Crippen LogP contribution in [0.3, 0.4) is 0 Å². The first kappa shape index (κ1) is 17.4. The number of H-pyrrole nitrogens is 1. The number of nitrogens with zero attached hydrogens (tertiary/aromatic N) is 3. The number of likely N-dealkylation sites (tertiary alicyclic amines) is 1. The van der Waals surface area contributed by atoms with Gasteiger partial charge < -0.3 is 14.6 Å². The molecule has 3 aromatic rings. The van der Waals surface area contributed by atoms with Crippen molar-refractivity contribution in [2.45, 2.75) is 38.6 Å². The van der Waals surface area contributed by atoms with Crippen LogP contribution in [0.25, 0.3) is 21.8 Å². The molecule has 2 fully saturated rings. The second-order valence-corrected chi connectivity index (χ2v) is 7.86. The summed E-state index contributed by atoms with van der Waals surface area (Å²) in [6, 6.07) is 4.07. The Morgan fingerprint density at radius 2 is 1.93 bits per heavy atom. The monoisotopic (exact) mass is 380 g/mol. The summed E-state index contributed by atoms with van der Waals surface area (Å²) in [6.45, 7) is 4.96. The van der Waals surface area contributed by atoms with Gasteiger partial charge in [0.05, 0.1) is 28.7 Å². The van der Waals surface area contributed by atoms with E-state index < -0.39 is 0 Å². The number of carbonyl (C=O) groups is 1. The fraction of sp³-hybridized carbons (Fsp3) is 0.476. The molecule has 0 bridgehead atoms. The average molecular weight is 380 g/mol. The summed E-state index contributed by atoms with van der Waals surface area (Å²) in [7, 11) is 0. The lowest BCUT2D eigenvalue weighted by Gasteiger charge is -2.23. The molecule has 1 aromatic carbocycles. The molecule has 7 nitrogen and oxygen atoms in total. The number of hydrogen-bond acceptors (Lipinski definition) is 4. The molecule has 146 valence electrons. The molecule has 1 amide bonds. The molecule has 2 aliphatic heterocycles. The number of benzene rings is 1. The van der Waals surface area contributed by atoms with Gasteiger partial charge in [-0.2, -0.15) is 5.10 Å². The van der Waals surface area contributed by atoms with Gasteiger partial charge in [0.2, 0.25) is 0 Å². The topological polar surface area (TPSA) is 80.2 Å². The highest BCUT2D eigenvalue weighted by atomic mass is 16.5. The molecule has 7 heteroatoms. The highest BCUT2D eigenvalue weighted by Crippen LogP contribution is 2.30. The van der Waals surface area contributed by atoms with Crippen LogP contribution in [0.15, 0.2) is 23.1 Å². The van der Waals surface area contributed by atoms with Crippen molar-refractivity contribution >= 4 is 27.7 Å². The minimum absolute atomic E-state index is 0.0772. The molecule has 0 atom stereocenters. The maximum Gasteiger partial charge on any atom is 0.259 e. The molecular weight excluding hydrogens is 356 g/mol. The molecule has 2 aliphatic rings. The number of hydrogen-bond donors (Lipinski definition) is 1. The number of aryl methyl sites for hydroxylation is 1. The Bertz CT molecular complexity index is 1120. The van der Waals surface area contributed by atoms with Crippen LogP contribution >= 0.6 is 0 Å². The Hall–Kier alpha value is -2.67. The van der Waals surface area contributed by atoms with Crippen molar-refractivity contribution in [2.75, 3.05) is 26.3 Å². The Morgan fingerprint density at radius 1 is 1.18 bits per heavy atom. The van der Waals surface area contributed by atoms with Crippen LogP contribution in [0.1, 0.15) is 47.6 Å². The minimum atomic E-state index is -0.140. The predicted molar refractivity (Wildman–Crippen MR) is 107 cm³/mol. The molecule has 0 saturated carbocycles. The third-order valence-corrected chi connectivity index (χ3v) is 6.07. The number of pyridine rings is 1. The van der Waals surface area contributed by atoms with E-state index in [2.05, 4.69) is 10.1 Å². The molecule has 0 spiro atoms. The summed E-state index contributed by atoms with van der Waals surface area (Å²) >= 11 is 0. The first-order valence-corrected chi connectivity index (χ1v) is 10.0. The normalized spacial score (nSPS) is 18.4. The van der Waals surface area contributed by atoms with Crippen LogP contribution in [0.5, 0.6) is 0 Å². The molecule has 0 radical (unpaired) electrons. The Morgan fingerprint density at radius 3 is 2.68 bits per heavy atom. The lowest BCUT2D eigenvalue weighted by molar-refractivity contribution is 0.0675. The lowest BCUT2D eigenvalue weighted by Crippen LogP contribution is -2.28. The summed E-state index contributed by atoms with van der Waals surface area (Å²) in [5.74, 6) is 0.0772. The number of aromatic amines is 1. The first-order valence-electron chi connectivity index (χ1n) is 10.0. The molecule has 1 N–H and O–H groups in total. The maximum absolute atomic E-state index is 13.1. The fourth-order valence-corrected chi connectivity index (χ4v) is 4.52. The zero-order valence-electron chi connectivity index (χ0n) is 16.0. The van der Waals surface area contributed by atoms with Crippen molar-refractivity contribution < 1.29 is 9.53 Å². The number of carbonyl (C=O) groups excluding carboxylic acids is 1. The van der Waals surface area contributed by atoms with E-state index in [1.54, 1.807) is 6.20 Å². The van der Waals surface area contributed by atoms with Crippen LogP contribution in [0.4, 0.5) is 0 Å². The molecule has 28 heavy (non-hydrogen) atoms. The smallest absolute Gasteiger partial charge is 0.259 e. The lowest BCUT2D eigenvalue weighted by atomic mass is 10.0. The van der Waals surface area contributed by atoms with Crippen molar-refractivity contribution in [1.29, 1.82) is 0 Å². The number of fused-ring (bicyclic) bond motifs is 3. The summed E-state index contributed by atoms with van der Waals surface area (Å²) in [6.07, 6.45) is 5.51. The SMILES string of the molecule is Cc1cc2[nH]c(=O)c3cnn(C4CCOCC4)c3c2cc1C(=O)N1CCCC1. The van der Waals surface area contributed by atoms with E-state index in [4.69, 9.17) is 4.74 Å². The van der Waals surface area contributed by atoms with Crippen molar-refractivity contribution in [3.05, 3.63) is 39.8 Å². The third-order valence-electron chi connectivity index (χ3n) is 6.07.